The molecular formula is C21H23N5. The normalized spacial score (nSPS) is 13.8. The summed E-state index contributed by atoms with van der Waals surface area (Å²) in [6.45, 7) is 6.97. The number of nitrogen functional groups attached to an aromatic ring is 1. The highest BCUT2D eigenvalue weighted by Gasteiger charge is 2.24. The molecule has 0 spiro atoms. The van der Waals surface area contributed by atoms with Gasteiger partial charge >= 0.3 is 0 Å². The number of nitrogens with zero attached hydrogens (tertiary/aromatic N) is 3. The molecule has 1 aliphatic heterocycles. The van der Waals surface area contributed by atoms with Crippen molar-refractivity contribution >= 4 is 16.7 Å². The van der Waals surface area contributed by atoms with E-state index in [-0.39, 0.29) is 0 Å². The van der Waals surface area contributed by atoms with E-state index >= 15 is 0 Å². The first kappa shape index (κ1) is 16.6. The smallest absolute Gasteiger partial charge is 0.142 e. The van der Waals surface area contributed by atoms with Crippen molar-refractivity contribution in [2.75, 3.05) is 12.3 Å². The summed E-state index contributed by atoms with van der Waals surface area (Å²) in [7, 11) is 0. The number of fused-ring (bicyclic) bond motifs is 2. The summed E-state index contributed by atoms with van der Waals surface area (Å²) in [5, 5.41) is 14.4. The lowest BCUT2D eigenvalue weighted by Gasteiger charge is -2.21. The van der Waals surface area contributed by atoms with Crippen LogP contribution in [0.4, 0.5) is 5.82 Å². The minimum atomic E-state index is 0.337. The Morgan fingerprint density at radius 2 is 2.15 bits per heavy atom. The van der Waals surface area contributed by atoms with Gasteiger partial charge in [-0.2, -0.15) is 5.26 Å². The summed E-state index contributed by atoms with van der Waals surface area (Å²) in [5.41, 5.74) is 12.0. The third kappa shape index (κ3) is 2.63. The number of benzene rings is 1. The quantitative estimate of drug-likeness (QED) is 0.762. The molecule has 0 radical (unpaired) electrons. The van der Waals surface area contributed by atoms with Gasteiger partial charge in [0.15, 0.2) is 0 Å². The molecule has 0 amide bonds. The summed E-state index contributed by atoms with van der Waals surface area (Å²) >= 11 is 0. The van der Waals surface area contributed by atoms with Gasteiger partial charge in [-0.15, -0.1) is 0 Å². The zero-order chi connectivity index (χ0) is 18.3. The molecule has 4 rings (SSSR count). The first-order valence-corrected chi connectivity index (χ1v) is 9.10. The number of nitrogens with one attached hydrogen (secondary N) is 1. The van der Waals surface area contributed by atoms with Gasteiger partial charge in [0, 0.05) is 60.0 Å². The lowest BCUT2D eigenvalue weighted by molar-refractivity contribution is 0.535. The van der Waals surface area contributed by atoms with E-state index in [4.69, 9.17) is 5.73 Å². The summed E-state index contributed by atoms with van der Waals surface area (Å²) in [6, 6.07) is 10.7. The van der Waals surface area contributed by atoms with Crippen LogP contribution in [0, 0.1) is 17.2 Å². The van der Waals surface area contributed by atoms with Gasteiger partial charge in [-0.1, -0.05) is 32.0 Å². The zero-order valence-electron chi connectivity index (χ0n) is 15.2. The maximum Gasteiger partial charge on any atom is 0.142 e. The second-order valence-corrected chi connectivity index (χ2v) is 7.32. The number of hydrogen-bond acceptors (Lipinski definition) is 4. The average Bonchev–Trinajstić information content (AvgIpc) is 2.98. The van der Waals surface area contributed by atoms with Crippen molar-refractivity contribution < 1.29 is 0 Å². The molecule has 0 atom stereocenters. The molecular weight excluding hydrogens is 322 g/mol. The number of anilines is 1. The Morgan fingerprint density at radius 3 is 2.92 bits per heavy atom. The minimum absolute atomic E-state index is 0.337. The van der Waals surface area contributed by atoms with Gasteiger partial charge in [0.25, 0.3) is 0 Å². The number of rotatable bonds is 3. The summed E-state index contributed by atoms with van der Waals surface area (Å²) < 4.78 is 2.29. The van der Waals surface area contributed by atoms with Gasteiger partial charge < -0.3 is 15.6 Å². The number of pyridine rings is 1. The van der Waals surface area contributed by atoms with Gasteiger partial charge in [-0.05, 0) is 17.5 Å². The standard InChI is InChI=1S/C21H23N5/c1-13(2)11-26-12-17(14-5-3-4-6-19(14)26)20-15(9-22)21(23)25-18-7-8-24-10-16(18)20/h3-6,12-13,24H,7-8,10-11H2,1-2H3,(H2,23,25). The zero-order valence-corrected chi connectivity index (χ0v) is 15.2. The molecule has 0 saturated heterocycles. The Balaban J connectivity index is 2.05. The molecule has 3 heterocycles. The third-order valence-corrected chi connectivity index (χ3v) is 4.98. The first-order chi connectivity index (χ1) is 12.6. The van der Waals surface area contributed by atoms with E-state index in [1.165, 1.54) is 5.52 Å². The van der Waals surface area contributed by atoms with Crippen LogP contribution in [-0.4, -0.2) is 16.1 Å². The molecule has 1 aromatic carbocycles. The van der Waals surface area contributed by atoms with Crippen molar-refractivity contribution in [3.63, 3.8) is 0 Å². The van der Waals surface area contributed by atoms with E-state index in [1.54, 1.807) is 0 Å². The fraction of sp³-hybridized carbons (Fsp3) is 0.333. The Hall–Kier alpha value is -2.84. The topological polar surface area (TPSA) is 79.7 Å². The Kier molecular flexibility index (Phi) is 4.14. The van der Waals surface area contributed by atoms with Crippen LogP contribution in [-0.2, 0) is 19.5 Å². The predicted molar refractivity (Wildman–Crippen MR) is 105 cm³/mol. The van der Waals surface area contributed by atoms with Gasteiger partial charge in [0.1, 0.15) is 17.5 Å². The van der Waals surface area contributed by atoms with Gasteiger partial charge in [-0.25, -0.2) is 4.98 Å². The molecule has 3 N–H and O–H groups in total. The van der Waals surface area contributed by atoms with E-state index in [0.29, 0.717) is 17.3 Å². The molecule has 5 nitrogen and oxygen atoms in total. The molecule has 0 unspecified atom stereocenters. The molecule has 2 aromatic heterocycles. The third-order valence-electron chi connectivity index (χ3n) is 4.98. The highest BCUT2D eigenvalue weighted by atomic mass is 15.0. The van der Waals surface area contributed by atoms with Crippen LogP contribution in [0.1, 0.15) is 30.7 Å². The molecule has 3 aromatic rings. The summed E-state index contributed by atoms with van der Waals surface area (Å²) in [4.78, 5) is 4.51. The second kappa shape index (κ2) is 6.47. The number of nitriles is 1. The monoisotopic (exact) mass is 345 g/mol. The first-order valence-electron chi connectivity index (χ1n) is 9.10. The van der Waals surface area contributed by atoms with Crippen LogP contribution in [0.25, 0.3) is 22.0 Å². The van der Waals surface area contributed by atoms with Crippen LogP contribution >= 0.6 is 0 Å². The molecule has 0 saturated carbocycles. The average molecular weight is 345 g/mol. The molecule has 0 fully saturated rings. The van der Waals surface area contributed by atoms with Crippen LogP contribution in [0.3, 0.4) is 0 Å². The van der Waals surface area contributed by atoms with Crippen molar-refractivity contribution in [3.8, 4) is 17.2 Å². The van der Waals surface area contributed by atoms with Crippen LogP contribution < -0.4 is 11.1 Å². The second-order valence-electron chi connectivity index (χ2n) is 7.32. The lowest BCUT2D eigenvalue weighted by Crippen LogP contribution is -2.26. The van der Waals surface area contributed by atoms with Crippen molar-refractivity contribution in [1.82, 2.24) is 14.9 Å². The van der Waals surface area contributed by atoms with E-state index in [2.05, 4.69) is 59.2 Å². The van der Waals surface area contributed by atoms with Gasteiger partial charge in [0.2, 0.25) is 0 Å². The Bertz CT molecular complexity index is 1020. The molecule has 5 heteroatoms. The number of aromatic nitrogens is 2. The largest absolute Gasteiger partial charge is 0.383 e. The maximum atomic E-state index is 9.79. The van der Waals surface area contributed by atoms with Crippen molar-refractivity contribution in [3.05, 3.63) is 47.3 Å². The summed E-state index contributed by atoms with van der Waals surface area (Å²) in [5.74, 6) is 0.871. The van der Waals surface area contributed by atoms with Gasteiger partial charge in [-0.3, -0.25) is 0 Å². The molecule has 132 valence electrons. The van der Waals surface area contributed by atoms with Crippen molar-refractivity contribution in [2.24, 2.45) is 5.92 Å². The Labute approximate surface area is 153 Å². The van der Waals surface area contributed by atoms with Crippen LogP contribution in [0.5, 0.6) is 0 Å². The number of para-hydroxylation sites is 1. The van der Waals surface area contributed by atoms with E-state index in [0.717, 1.165) is 53.8 Å². The Morgan fingerprint density at radius 1 is 1.35 bits per heavy atom. The fourth-order valence-corrected chi connectivity index (χ4v) is 3.91. The maximum absolute atomic E-state index is 9.79. The number of nitrogens with two attached hydrogens (primary N) is 1. The van der Waals surface area contributed by atoms with E-state index in [9.17, 15) is 5.26 Å². The van der Waals surface area contributed by atoms with Crippen molar-refractivity contribution in [1.29, 1.82) is 5.26 Å². The van der Waals surface area contributed by atoms with Crippen LogP contribution in [0.15, 0.2) is 30.5 Å². The number of hydrogen-bond donors (Lipinski definition) is 2. The molecule has 26 heavy (non-hydrogen) atoms. The highest BCUT2D eigenvalue weighted by molar-refractivity contribution is 5.99. The van der Waals surface area contributed by atoms with Crippen LogP contribution in [0.2, 0.25) is 0 Å². The molecule has 1 aliphatic rings. The molecule has 0 bridgehead atoms. The SMILES string of the molecule is CC(C)Cn1cc(-c2c(C#N)c(N)nc3c2CNCC3)c2ccccc21. The minimum Gasteiger partial charge on any atom is -0.383 e. The lowest BCUT2D eigenvalue weighted by atomic mass is 9.91. The summed E-state index contributed by atoms with van der Waals surface area (Å²) in [6.07, 6.45) is 3.01. The fourth-order valence-electron chi connectivity index (χ4n) is 3.91. The van der Waals surface area contributed by atoms with Crippen molar-refractivity contribution in [2.45, 2.75) is 33.4 Å². The van der Waals surface area contributed by atoms with E-state index in [1.807, 2.05) is 6.07 Å². The molecule has 0 aliphatic carbocycles. The van der Waals surface area contributed by atoms with E-state index < -0.39 is 0 Å². The highest BCUT2D eigenvalue weighted by Crippen LogP contribution is 2.38. The predicted octanol–water partition coefficient (Wildman–Crippen LogP) is 3.46. The van der Waals surface area contributed by atoms with Gasteiger partial charge in [0.05, 0.1) is 0 Å².